The summed E-state index contributed by atoms with van der Waals surface area (Å²) in [6.45, 7) is 3.41. The maximum atomic E-state index is 14.5. The van der Waals surface area contributed by atoms with E-state index in [1.54, 1.807) is 6.26 Å². The lowest BCUT2D eigenvalue weighted by molar-refractivity contribution is 0.278. The molecule has 12 heteroatoms. The average Bonchev–Trinajstić information content (AvgIpc) is 2.77. The molecule has 3 N–H and O–H groups in total. The molecule has 2 aromatic heterocycles. The van der Waals surface area contributed by atoms with Crippen LogP contribution in [0.15, 0.2) is 36.9 Å². The Labute approximate surface area is 214 Å². The number of hydrogen-bond donors (Lipinski definition) is 2. The molecule has 35 heavy (non-hydrogen) atoms. The summed E-state index contributed by atoms with van der Waals surface area (Å²) in [6, 6.07) is 2.46. The smallest absolute Gasteiger partial charge is 0.225 e. The zero-order valence-electron chi connectivity index (χ0n) is 19.0. The molecule has 184 valence electrons. The van der Waals surface area contributed by atoms with Crippen molar-refractivity contribution in [3.05, 3.63) is 69.5 Å². The van der Waals surface area contributed by atoms with Gasteiger partial charge in [0.2, 0.25) is 5.95 Å². The molecule has 1 aliphatic rings. The summed E-state index contributed by atoms with van der Waals surface area (Å²) < 4.78 is 31.7. The number of nitrogens with zero attached hydrogens (tertiary/aromatic N) is 4. The van der Waals surface area contributed by atoms with Gasteiger partial charge in [0.1, 0.15) is 6.61 Å². The Morgan fingerprint density at radius 3 is 2.46 bits per heavy atom. The predicted molar refractivity (Wildman–Crippen MR) is 137 cm³/mol. The van der Waals surface area contributed by atoms with Crippen LogP contribution in [0.25, 0.3) is 0 Å². The van der Waals surface area contributed by atoms with Gasteiger partial charge in [-0.1, -0.05) is 30.1 Å². The van der Waals surface area contributed by atoms with Crippen LogP contribution in [0.2, 0.25) is 10.0 Å². The van der Waals surface area contributed by atoms with Crippen molar-refractivity contribution in [3.8, 4) is 5.75 Å². The molecule has 1 unspecified atom stereocenters. The second kappa shape index (κ2) is 10.0. The quantitative estimate of drug-likeness (QED) is 0.328. The van der Waals surface area contributed by atoms with Crippen LogP contribution >= 0.6 is 23.2 Å². The van der Waals surface area contributed by atoms with E-state index in [4.69, 9.17) is 39.1 Å². The highest BCUT2D eigenvalue weighted by Gasteiger charge is 2.40. The molecule has 0 saturated carbocycles. The normalized spacial score (nSPS) is 15.4. The predicted octanol–water partition coefficient (Wildman–Crippen LogP) is 4.10. The van der Waals surface area contributed by atoms with Crippen LogP contribution in [0, 0.1) is 16.6 Å². The van der Waals surface area contributed by atoms with Crippen LogP contribution in [0.1, 0.15) is 23.6 Å². The summed E-state index contributed by atoms with van der Waals surface area (Å²) in [7, 11) is -0.867. The van der Waals surface area contributed by atoms with E-state index < -0.39 is 16.6 Å². The second-order valence-corrected chi connectivity index (χ2v) is 11.0. The lowest BCUT2D eigenvalue weighted by Gasteiger charge is -2.47. The third-order valence-electron chi connectivity index (χ3n) is 5.60. The van der Waals surface area contributed by atoms with Crippen molar-refractivity contribution in [1.82, 2.24) is 15.0 Å². The summed E-state index contributed by atoms with van der Waals surface area (Å²) in [5.41, 5.74) is 7.22. The first-order chi connectivity index (χ1) is 16.6. The SMILES string of the molecule is CS(=O)CC1(C)CN(c2ncc(C(=N)c3cc(OCc4c(Cl)cncc4Cl)c(F)cc3N)cn2)C1. The summed E-state index contributed by atoms with van der Waals surface area (Å²) in [5.74, 6) is 0.373. The molecule has 3 heterocycles. The number of rotatable bonds is 8. The van der Waals surface area contributed by atoms with Crippen molar-refractivity contribution in [2.24, 2.45) is 5.41 Å². The maximum Gasteiger partial charge on any atom is 0.225 e. The Morgan fingerprint density at radius 1 is 1.23 bits per heavy atom. The molecule has 0 bridgehead atoms. The number of nitrogens with two attached hydrogens (primary N) is 1. The van der Waals surface area contributed by atoms with Gasteiger partial charge in [0.15, 0.2) is 11.6 Å². The van der Waals surface area contributed by atoms with Crippen LogP contribution in [0.5, 0.6) is 5.75 Å². The highest BCUT2D eigenvalue weighted by molar-refractivity contribution is 7.84. The van der Waals surface area contributed by atoms with Gasteiger partial charge in [0.05, 0.1) is 15.8 Å². The van der Waals surface area contributed by atoms with Crippen molar-refractivity contribution >= 4 is 51.3 Å². The minimum absolute atomic E-state index is 0.0219. The number of halogens is 3. The van der Waals surface area contributed by atoms with Crippen molar-refractivity contribution in [3.63, 3.8) is 0 Å². The summed E-state index contributed by atoms with van der Waals surface area (Å²) in [4.78, 5) is 14.6. The van der Waals surface area contributed by atoms with E-state index in [-0.39, 0.29) is 34.7 Å². The topological polar surface area (TPSA) is 118 Å². The first-order valence-electron chi connectivity index (χ1n) is 10.5. The van der Waals surface area contributed by atoms with Gasteiger partial charge in [-0.15, -0.1) is 0 Å². The van der Waals surface area contributed by atoms with Gasteiger partial charge in [-0.3, -0.25) is 14.6 Å². The standard InChI is InChI=1S/C23H23Cl2FN6O2S/c1-23(12-35(2)33)10-32(11-23)22-30-5-13(6-31-22)21(28)14-3-20(18(26)4-19(14)27)34-9-15-16(24)7-29-8-17(15)25/h3-8,28H,9-12,27H2,1-2H3. The zero-order chi connectivity index (χ0) is 25.3. The van der Waals surface area contributed by atoms with Crippen molar-refractivity contribution in [1.29, 1.82) is 5.41 Å². The number of aromatic nitrogens is 3. The average molecular weight is 537 g/mol. The molecule has 0 amide bonds. The highest BCUT2D eigenvalue weighted by atomic mass is 35.5. The number of hydrogen-bond acceptors (Lipinski definition) is 8. The first-order valence-corrected chi connectivity index (χ1v) is 13.0. The van der Waals surface area contributed by atoms with E-state index in [2.05, 4.69) is 21.9 Å². The van der Waals surface area contributed by atoms with Gasteiger partial charge in [-0.05, 0) is 6.07 Å². The fourth-order valence-corrected chi connectivity index (χ4v) is 5.63. The van der Waals surface area contributed by atoms with E-state index in [1.807, 2.05) is 4.90 Å². The Kier molecular flexibility index (Phi) is 7.25. The molecule has 1 aliphatic heterocycles. The molecular weight excluding hydrogens is 514 g/mol. The van der Waals surface area contributed by atoms with Crippen LogP contribution < -0.4 is 15.4 Å². The lowest BCUT2D eigenvalue weighted by atomic mass is 9.84. The third-order valence-corrected chi connectivity index (χ3v) is 7.36. The number of benzene rings is 1. The van der Waals surface area contributed by atoms with Gasteiger partial charge in [-0.2, -0.15) is 0 Å². The summed E-state index contributed by atoms with van der Waals surface area (Å²) in [6.07, 6.45) is 7.59. The van der Waals surface area contributed by atoms with Crippen molar-refractivity contribution in [2.45, 2.75) is 13.5 Å². The Balaban J connectivity index is 1.49. The summed E-state index contributed by atoms with van der Waals surface area (Å²) in [5, 5.41) is 9.17. The second-order valence-electron chi connectivity index (χ2n) is 8.77. The number of nitrogens with one attached hydrogen (secondary N) is 1. The van der Waals surface area contributed by atoms with E-state index in [1.165, 1.54) is 30.9 Å². The lowest BCUT2D eigenvalue weighted by Crippen LogP contribution is -2.57. The molecule has 0 radical (unpaired) electrons. The molecule has 0 spiro atoms. The Hall–Kier alpha value is -2.82. The minimum atomic E-state index is -0.867. The van der Waals surface area contributed by atoms with Gasteiger partial charge in [0, 0.05) is 94.5 Å². The molecule has 0 aliphatic carbocycles. The van der Waals surface area contributed by atoms with Crippen LogP contribution in [-0.2, 0) is 17.4 Å². The van der Waals surface area contributed by atoms with E-state index in [9.17, 15) is 8.60 Å². The van der Waals surface area contributed by atoms with E-state index in [0.29, 0.717) is 46.0 Å². The minimum Gasteiger partial charge on any atom is -0.486 e. The van der Waals surface area contributed by atoms with E-state index in [0.717, 1.165) is 6.07 Å². The number of ether oxygens (including phenoxy) is 1. The van der Waals surface area contributed by atoms with Gasteiger partial charge >= 0.3 is 0 Å². The molecule has 4 rings (SSSR count). The highest BCUT2D eigenvalue weighted by Crippen LogP contribution is 2.33. The number of pyridine rings is 1. The Morgan fingerprint density at radius 2 is 1.86 bits per heavy atom. The molecule has 8 nitrogen and oxygen atoms in total. The molecule has 1 saturated heterocycles. The monoisotopic (exact) mass is 536 g/mol. The van der Waals surface area contributed by atoms with E-state index >= 15 is 0 Å². The Bertz CT molecular complexity index is 1280. The van der Waals surface area contributed by atoms with Gasteiger partial charge in [0.25, 0.3) is 0 Å². The van der Waals surface area contributed by atoms with Crippen LogP contribution in [-0.4, -0.2) is 50.0 Å². The van der Waals surface area contributed by atoms with Crippen LogP contribution in [0.4, 0.5) is 16.0 Å². The third kappa shape index (κ3) is 5.55. The fraction of sp³-hybridized carbons (Fsp3) is 0.304. The van der Waals surface area contributed by atoms with Crippen molar-refractivity contribution < 1.29 is 13.3 Å². The van der Waals surface area contributed by atoms with Gasteiger partial charge in [-0.25, -0.2) is 14.4 Å². The van der Waals surface area contributed by atoms with Crippen LogP contribution in [0.3, 0.4) is 0 Å². The first kappa shape index (κ1) is 25.3. The summed E-state index contributed by atoms with van der Waals surface area (Å²) >= 11 is 12.2. The maximum absolute atomic E-state index is 14.5. The molecule has 1 atom stereocenters. The zero-order valence-corrected chi connectivity index (χ0v) is 21.3. The molecule has 3 aromatic rings. The number of nitrogen functional groups attached to an aromatic ring is 1. The molecular formula is C23H23Cl2FN6O2S. The van der Waals surface area contributed by atoms with Crippen molar-refractivity contribution in [2.75, 3.05) is 35.7 Å². The molecule has 1 fully saturated rings. The fourth-order valence-electron chi connectivity index (χ4n) is 3.99. The van der Waals surface area contributed by atoms with Gasteiger partial charge < -0.3 is 15.4 Å². The molecule has 1 aromatic carbocycles. The number of anilines is 2. The largest absolute Gasteiger partial charge is 0.486 e.